The maximum atomic E-state index is 13.6. The third kappa shape index (κ3) is 6.88. The molecule has 2 N–H and O–H groups in total. The highest BCUT2D eigenvalue weighted by Gasteiger charge is 2.64. The van der Waals surface area contributed by atoms with E-state index in [2.05, 4.69) is 31.1 Å². The first-order valence-corrected chi connectivity index (χ1v) is 10.9. The molecule has 0 aliphatic carbocycles. The number of amides is 1. The minimum absolute atomic E-state index is 0.216. The highest BCUT2D eigenvalue weighted by atomic mass is 31.2. The lowest BCUT2D eigenvalue weighted by Gasteiger charge is -2.54. The van der Waals surface area contributed by atoms with Crippen molar-refractivity contribution in [3.05, 3.63) is 50.6 Å². The van der Waals surface area contributed by atoms with E-state index in [4.69, 9.17) is 0 Å². The van der Waals surface area contributed by atoms with Crippen molar-refractivity contribution in [3.8, 4) is 0 Å². The van der Waals surface area contributed by atoms with E-state index < -0.39 is 37.7 Å². The van der Waals surface area contributed by atoms with Gasteiger partial charge in [-0.1, -0.05) is 24.3 Å². The molecule has 0 aromatic heterocycles. The molecule has 32 heavy (non-hydrogen) atoms. The van der Waals surface area contributed by atoms with Crippen LogP contribution in [0, 0.1) is 0 Å². The molecule has 0 aliphatic heterocycles. The fraction of sp³-hybridized carbons (Fsp3) is 0.474. The second-order valence-electron chi connectivity index (χ2n) is 6.30. The molecule has 0 rings (SSSR count). The first-order chi connectivity index (χ1) is 14.8. The van der Waals surface area contributed by atoms with Crippen LogP contribution in [0.4, 0.5) is 13.2 Å². The van der Waals surface area contributed by atoms with E-state index in [1.54, 1.807) is 0 Å². The number of ether oxygens (including phenoxy) is 1. The Hall–Kier alpha value is -2.24. The average Bonchev–Trinajstić information content (AvgIpc) is 2.66. The predicted molar refractivity (Wildman–Crippen MR) is 113 cm³/mol. The summed E-state index contributed by atoms with van der Waals surface area (Å²) >= 11 is 0. The molecular weight excluding hydrogens is 454 g/mol. The average molecular weight is 483 g/mol. The Kier molecular flexibility index (Phi) is 11.8. The van der Waals surface area contributed by atoms with Crippen LogP contribution in [0.25, 0.3) is 0 Å². The zero-order chi connectivity index (χ0) is 25.2. The van der Waals surface area contributed by atoms with Gasteiger partial charge in [-0.3, -0.25) is 28.9 Å². The van der Waals surface area contributed by atoms with Gasteiger partial charge in [0.15, 0.2) is 0 Å². The largest absolute Gasteiger partial charge is 0.471 e. The highest BCUT2D eigenvalue weighted by molar-refractivity contribution is 7.53. The summed E-state index contributed by atoms with van der Waals surface area (Å²) in [5.41, 5.74) is -3.09. The Labute approximate surface area is 185 Å². The van der Waals surface area contributed by atoms with Crippen molar-refractivity contribution in [1.82, 2.24) is 14.7 Å². The standard InChI is InChI=1S/C19H29F3N3O6P/c1-6-11-23(12-7-2)19(32(28,29)30,24(13-8-3)14-9-4)25(15-16(26)31-10-5)17(27)18(20,21)22/h6-9H,1-4,10-15H2,5H3,(H2,28,29,30). The smallest absolute Gasteiger partial charge is 0.465 e. The number of carbonyl (C=O) groups excluding carboxylic acids is 2. The molecule has 0 unspecified atom stereocenters. The summed E-state index contributed by atoms with van der Waals surface area (Å²) in [5.74, 6) is -3.94. The maximum Gasteiger partial charge on any atom is 0.471 e. The van der Waals surface area contributed by atoms with Crippen molar-refractivity contribution in [1.29, 1.82) is 0 Å². The first-order valence-electron chi connectivity index (χ1n) is 9.33. The van der Waals surface area contributed by atoms with Crippen LogP contribution in [0.3, 0.4) is 0 Å². The SMILES string of the molecule is C=CCN(CC=C)C(N(CC=C)CC=C)(N(CC(=O)OCC)C(=O)C(F)(F)F)P(=O)(O)O. The van der Waals surface area contributed by atoms with Crippen LogP contribution in [0.2, 0.25) is 0 Å². The maximum absolute atomic E-state index is 13.6. The van der Waals surface area contributed by atoms with Crippen molar-refractivity contribution in [2.45, 2.75) is 18.6 Å². The van der Waals surface area contributed by atoms with Crippen LogP contribution in [-0.2, 0) is 18.9 Å². The summed E-state index contributed by atoms with van der Waals surface area (Å²) < 4.78 is 58.5. The minimum Gasteiger partial charge on any atom is -0.465 e. The summed E-state index contributed by atoms with van der Waals surface area (Å²) in [7, 11) is -5.73. The summed E-state index contributed by atoms with van der Waals surface area (Å²) in [4.78, 5) is 47.2. The Morgan fingerprint density at radius 1 is 0.938 bits per heavy atom. The van der Waals surface area contributed by atoms with Gasteiger partial charge < -0.3 is 14.5 Å². The van der Waals surface area contributed by atoms with Crippen LogP contribution < -0.4 is 0 Å². The Morgan fingerprint density at radius 3 is 1.56 bits per heavy atom. The molecular formula is C19H29F3N3O6P. The van der Waals surface area contributed by atoms with Gasteiger partial charge in [0, 0.05) is 26.2 Å². The molecule has 0 saturated carbocycles. The van der Waals surface area contributed by atoms with Crippen molar-refractivity contribution in [2.24, 2.45) is 0 Å². The zero-order valence-electron chi connectivity index (χ0n) is 17.8. The van der Waals surface area contributed by atoms with Crippen molar-refractivity contribution >= 4 is 19.5 Å². The minimum atomic E-state index is -5.73. The van der Waals surface area contributed by atoms with E-state index in [1.807, 2.05) is 0 Å². The molecule has 0 heterocycles. The third-order valence-electron chi connectivity index (χ3n) is 4.08. The van der Waals surface area contributed by atoms with E-state index in [-0.39, 0.29) is 37.7 Å². The number of esters is 1. The summed E-state index contributed by atoms with van der Waals surface area (Å²) in [5, 5.41) is 0. The quantitative estimate of drug-likeness (QED) is 0.158. The normalized spacial score (nSPS) is 12.4. The van der Waals surface area contributed by atoms with Crippen LogP contribution in [0.1, 0.15) is 6.92 Å². The number of halogens is 3. The van der Waals surface area contributed by atoms with Gasteiger partial charge in [-0.25, -0.2) is 0 Å². The Morgan fingerprint density at radius 2 is 1.31 bits per heavy atom. The molecule has 0 saturated heterocycles. The van der Waals surface area contributed by atoms with Gasteiger partial charge in [0.2, 0.25) is 0 Å². The number of rotatable bonds is 15. The van der Waals surface area contributed by atoms with Crippen molar-refractivity contribution in [2.75, 3.05) is 39.3 Å². The predicted octanol–water partition coefficient (Wildman–Crippen LogP) is 2.08. The van der Waals surface area contributed by atoms with E-state index in [0.717, 1.165) is 9.80 Å². The molecule has 0 radical (unpaired) electrons. The second kappa shape index (κ2) is 12.7. The van der Waals surface area contributed by atoms with Gasteiger partial charge in [-0.15, -0.1) is 26.3 Å². The van der Waals surface area contributed by atoms with Gasteiger partial charge in [0.1, 0.15) is 6.54 Å². The molecule has 0 aromatic carbocycles. The van der Waals surface area contributed by atoms with Crippen LogP contribution in [0.5, 0.6) is 0 Å². The Balaban J connectivity index is 7.49. The van der Waals surface area contributed by atoms with E-state index >= 15 is 0 Å². The molecule has 182 valence electrons. The highest BCUT2D eigenvalue weighted by Crippen LogP contribution is 2.57. The fourth-order valence-corrected chi connectivity index (χ4v) is 4.67. The zero-order valence-corrected chi connectivity index (χ0v) is 18.7. The topological polar surface area (TPSA) is 111 Å². The van der Waals surface area contributed by atoms with Crippen LogP contribution >= 0.6 is 7.60 Å². The summed E-state index contributed by atoms with van der Waals surface area (Å²) in [6, 6.07) is 0. The van der Waals surface area contributed by atoms with E-state index in [0.29, 0.717) is 0 Å². The number of nitrogens with zero attached hydrogens (tertiary/aromatic N) is 3. The molecule has 0 atom stereocenters. The number of carbonyl (C=O) groups is 2. The first kappa shape index (κ1) is 29.8. The molecule has 0 bridgehead atoms. The van der Waals surface area contributed by atoms with Gasteiger partial charge in [-0.05, 0) is 6.92 Å². The molecule has 0 spiro atoms. The van der Waals surface area contributed by atoms with Crippen molar-refractivity contribution < 1.29 is 41.8 Å². The fourth-order valence-electron chi connectivity index (χ4n) is 3.13. The molecule has 1 amide bonds. The van der Waals surface area contributed by atoms with Gasteiger partial charge in [0.25, 0.3) is 5.53 Å². The van der Waals surface area contributed by atoms with Crippen LogP contribution in [-0.4, -0.2) is 87.4 Å². The monoisotopic (exact) mass is 483 g/mol. The second-order valence-corrected chi connectivity index (χ2v) is 7.99. The van der Waals surface area contributed by atoms with E-state index in [9.17, 15) is 37.1 Å². The lowest BCUT2D eigenvalue weighted by atomic mass is 10.3. The third-order valence-corrected chi connectivity index (χ3v) is 5.67. The molecule has 0 aliphatic rings. The van der Waals surface area contributed by atoms with Gasteiger partial charge >= 0.3 is 25.6 Å². The summed E-state index contributed by atoms with van der Waals surface area (Å²) in [6.45, 7) is 12.1. The lowest BCUT2D eigenvalue weighted by Crippen LogP contribution is -2.72. The van der Waals surface area contributed by atoms with Gasteiger partial charge in [-0.2, -0.15) is 13.2 Å². The number of hydrogen-bond donors (Lipinski definition) is 2. The summed E-state index contributed by atoms with van der Waals surface area (Å²) in [6.07, 6.45) is -0.874. The molecule has 9 nitrogen and oxygen atoms in total. The number of alkyl halides is 3. The molecule has 0 fully saturated rings. The van der Waals surface area contributed by atoms with Crippen LogP contribution in [0.15, 0.2) is 50.6 Å². The van der Waals surface area contributed by atoms with Gasteiger partial charge in [0.05, 0.1) is 6.61 Å². The molecule has 13 heteroatoms. The number of hydrogen-bond acceptors (Lipinski definition) is 6. The van der Waals surface area contributed by atoms with Crippen molar-refractivity contribution in [3.63, 3.8) is 0 Å². The molecule has 0 aromatic rings. The Bertz CT molecular complexity index is 709. The van der Waals surface area contributed by atoms with E-state index in [1.165, 1.54) is 31.2 Å². The lowest BCUT2D eigenvalue weighted by molar-refractivity contribution is -0.207.